The van der Waals surface area contributed by atoms with E-state index in [0.717, 1.165) is 18.8 Å². The zero-order valence-electron chi connectivity index (χ0n) is 9.78. The second-order valence-electron chi connectivity index (χ2n) is 3.38. The van der Waals surface area contributed by atoms with E-state index in [4.69, 9.17) is 4.74 Å². The van der Waals surface area contributed by atoms with Crippen molar-refractivity contribution in [3.63, 3.8) is 0 Å². The maximum atomic E-state index is 5.40. The molecule has 2 nitrogen and oxygen atoms in total. The second-order valence-corrected chi connectivity index (χ2v) is 3.38. The van der Waals surface area contributed by atoms with E-state index in [1.54, 1.807) is 6.08 Å². The van der Waals surface area contributed by atoms with Gasteiger partial charge in [-0.05, 0) is 24.2 Å². The van der Waals surface area contributed by atoms with Crippen LogP contribution in [0.5, 0.6) is 5.75 Å². The van der Waals surface area contributed by atoms with Gasteiger partial charge in [-0.3, -0.25) is 0 Å². The van der Waals surface area contributed by atoms with E-state index in [1.807, 2.05) is 24.3 Å². The van der Waals surface area contributed by atoms with Crippen molar-refractivity contribution in [2.45, 2.75) is 6.92 Å². The van der Waals surface area contributed by atoms with E-state index in [-0.39, 0.29) is 0 Å². The highest BCUT2D eigenvalue weighted by Gasteiger charge is 1.91. The molecule has 0 saturated heterocycles. The molecule has 0 saturated carbocycles. The number of ether oxygens (including phenoxy) is 1. The molecule has 16 heavy (non-hydrogen) atoms. The number of hydrogen-bond acceptors (Lipinski definition) is 2. The van der Waals surface area contributed by atoms with Crippen LogP contribution in [0.15, 0.2) is 43.0 Å². The lowest BCUT2D eigenvalue weighted by Crippen LogP contribution is -2.11. The molecule has 1 aromatic carbocycles. The third-order valence-electron chi connectivity index (χ3n) is 2.07. The van der Waals surface area contributed by atoms with E-state index in [9.17, 15) is 0 Å². The molecule has 0 heterocycles. The van der Waals surface area contributed by atoms with Crippen molar-refractivity contribution in [1.82, 2.24) is 5.32 Å². The van der Waals surface area contributed by atoms with Crippen molar-refractivity contribution >= 4 is 6.08 Å². The molecule has 0 fully saturated rings. The van der Waals surface area contributed by atoms with Gasteiger partial charge >= 0.3 is 0 Å². The number of likely N-dealkylation sites (N-methyl/N-ethyl adjacent to an activating group) is 1. The molecular formula is C14H19NO. The molecule has 1 rings (SSSR count). The van der Waals surface area contributed by atoms with Crippen molar-refractivity contribution in [3.8, 4) is 5.75 Å². The fourth-order valence-electron chi connectivity index (χ4n) is 1.25. The van der Waals surface area contributed by atoms with Gasteiger partial charge in [0.2, 0.25) is 0 Å². The van der Waals surface area contributed by atoms with Gasteiger partial charge in [-0.15, -0.1) is 0 Å². The van der Waals surface area contributed by atoms with E-state index in [2.05, 4.69) is 31.0 Å². The van der Waals surface area contributed by atoms with Crippen LogP contribution in [0.2, 0.25) is 0 Å². The SMILES string of the molecule is C=CCOc1ccc(C=CCNCC)cc1. The summed E-state index contributed by atoms with van der Waals surface area (Å²) in [5.74, 6) is 0.878. The monoisotopic (exact) mass is 217 g/mol. The maximum absolute atomic E-state index is 5.40. The van der Waals surface area contributed by atoms with Crippen LogP contribution in [0.25, 0.3) is 6.08 Å². The molecule has 0 bridgehead atoms. The molecule has 0 amide bonds. The Kier molecular flexibility index (Phi) is 6.04. The van der Waals surface area contributed by atoms with Crippen LogP contribution >= 0.6 is 0 Å². The summed E-state index contributed by atoms with van der Waals surface area (Å²) in [6.45, 7) is 8.16. The van der Waals surface area contributed by atoms with Crippen LogP contribution < -0.4 is 10.1 Å². The summed E-state index contributed by atoms with van der Waals surface area (Å²) in [7, 11) is 0. The zero-order valence-corrected chi connectivity index (χ0v) is 9.78. The van der Waals surface area contributed by atoms with Crippen LogP contribution in [-0.2, 0) is 0 Å². The van der Waals surface area contributed by atoms with Gasteiger partial charge in [0.05, 0.1) is 0 Å². The average molecular weight is 217 g/mol. The molecule has 0 radical (unpaired) electrons. The fourth-order valence-corrected chi connectivity index (χ4v) is 1.25. The van der Waals surface area contributed by atoms with Crippen LogP contribution in [0, 0.1) is 0 Å². The van der Waals surface area contributed by atoms with Gasteiger partial charge in [0.1, 0.15) is 12.4 Å². The lowest BCUT2D eigenvalue weighted by Gasteiger charge is -2.02. The van der Waals surface area contributed by atoms with Crippen molar-refractivity contribution in [1.29, 1.82) is 0 Å². The molecule has 0 aliphatic heterocycles. The number of nitrogens with one attached hydrogen (secondary N) is 1. The summed E-state index contributed by atoms with van der Waals surface area (Å²) in [4.78, 5) is 0. The molecule has 0 spiro atoms. The van der Waals surface area contributed by atoms with Crippen molar-refractivity contribution in [3.05, 3.63) is 48.6 Å². The van der Waals surface area contributed by atoms with E-state index >= 15 is 0 Å². The summed E-state index contributed by atoms with van der Waals surface area (Å²) in [5.41, 5.74) is 1.18. The molecule has 1 N–H and O–H groups in total. The van der Waals surface area contributed by atoms with Gasteiger partial charge in [0, 0.05) is 6.54 Å². The van der Waals surface area contributed by atoms with Crippen LogP contribution in [0.3, 0.4) is 0 Å². The summed E-state index contributed by atoms with van der Waals surface area (Å²) in [5, 5.41) is 3.24. The highest BCUT2D eigenvalue weighted by atomic mass is 16.5. The lowest BCUT2D eigenvalue weighted by atomic mass is 10.2. The topological polar surface area (TPSA) is 21.3 Å². The molecule has 0 aliphatic rings. The van der Waals surface area contributed by atoms with E-state index in [1.165, 1.54) is 5.56 Å². The first-order chi connectivity index (χ1) is 7.86. The summed E-state index contributed by atoms with van der Waals surface area (Å²) < 4.78 is 5.40. The largest absolute Gasteiger partial charge is 0.490 e. The lowest BCUT2D eigenvalue weighted by molar-refractivity contribution is 0.363. The number of benzene rings is 1. The molecule has 0 unspecified atom stereocenters. The molecule has 0 aromatic heterocycles. The maximum Gasteiger partial charge on any atom is 0.119 e. The minimum absolute atomic E-state index is 0.551. The standard InChI is InChI=1S/C14H19NO/c1-3-12-16-14-9-7-13(8-10-14)6-5-11-15-4-2/h3,5-10,15H,1,4,11-12H2,2H3. The first-order valence-corrected chi connectivity index (χ1v) is 5.58. The molecule has 2 heteroatoms. The first-order valence-electron chi connectivity index (χ1n) is 5.58. The second kappa shape index (κ2) is 7.71. The minimum Gasteiger partial charge on any atom is -0.490 e. The van der Waals surface area contributed by atoms with Crippen LogP contribution in [0.1, 0.15) is 12.5 Å². The molecule has 0 atom stereocenters. The minimum atomic E-state index is 0.551. The third kappa shape index (κ3) is 4.80. The fraction of sp³-hybridized carbons (Fsp3) is 0.286. The van der Waals surface area contributed by atoms with Crippen molar-refractivity contribution in [2.75, 3.05) is 19.7 Å². The van der Waals surface area contributed by atoms with Crippen LogP contribution in [-0.4, -0.2) is 19.7 Å². The van der Waals surface area contributed by atoms with Crippen molar-refractivity contribution in [2.24, 2.45) is 0 Å². The average Bonchev–Trinajstić information content (AvgIpc) is 2.33. The Morgan fingerprint density at radius 1 is 1.31 bits per heavy atom. The van der Waals surface area contributed by atoms with Crippen molar-refractivity contribution < 1.29 is 4.74 Å². The Morgan fingerprint density at radius 2 is 2.06 bits per heavy atom. The normalized spacial score (nSPS) is 10.6. The first kappa shape index (κ1) is 12.5. The predicted molar refractivity (Wildman–Crippen MR) is 69.7 cm³/mol. The summed E-state index contributed by atoms with van der Waals surface area (Å²) in [6, 6.07) is 8.02. The van der Waals surface area contributed by atoms with Gasteiger partial charge in [0.15, 0.2) is 0 Å². The number of rotatable bonds is 7. The zero-order chi connectivity index (χ0) is 11.6. The quantitative estimate of drug-likeness (QED) is 0.560. The highest BCUT2D eigenvalue weighted by Crippen LogP contribution is 2.12. The Labute approximate surface area is 97.6 Å². The van der Waals surface area contributed by atoms with E-state index in [0.29, 0.717) is 6.61 Å². The molecule has 1 aromatic rings. The Balaban J connectivity index is 2.44. The van der Waals surface area contributed by atoms with E-state index < -0.39 is 0 Å². The van der Waals surface area contributed by atoms with Gasteiger partial charge in [0.25, 0.3) is 0 Å². The summed E-state index contributed by atoms with van der Waals surface area (Å²) >= 11 is 0. The molecule has 0 aliphatic carbocycles. The summed E-state index contributed by atoms with van der Waals surface area (Å²) in [6.07, 6.45) is 5.95. The molecule has 86 valence electrons. The third-order valence-corrected chi connectivity index (χ3v) is 2.07. The molecular weight excluding hydrogens is 198 g/mol. The van der Waals surface area contributed by atoms with Gasteiger partial charge in [-0.1, -0.05) is 43.9 Å². The Hall–Kier alpha value is -1.54. The predicted octanol–water partition coefficient (Wildman–Crippen LogP) is 2.87. The Morgan fingerprint density at radius 3 is 2.69 bits per heavy atom. The van der Waals surface area contributed by atoms with Gasteiger partial charge < -0.3 is 10.1 Å². The highest BCUT2D eigenvalue weighted by molar-refractivity contribution is 5.50. The van der Waals surface area contributed by atoms with Gasteiger partial charge in [-0.25, -0.2) is 0 Å². The smallest absolute Gasteiger partial charge is 0.119 e. The Bertz CT molecular complexity index is 327. The van der Waals surface area contributed by atoms with Gasteiger partial charge in [-0.2, -0.15) is 0 Å². The van der Waals surface area contributed by atoms with Crippen LogP contribution in [0.4, 0.5) is 0 Å². The number of hydrogen-bond donors (Lipinski definition) is 1.